The van der Waals surface area contributed by atoms with E-state index in [1.54, 1.807) is 0 Å². The molecule has 4 nitrogen and oxygen atoms in total. The smallest absolute Gasteiger partial charge is 0.234 e. The topological polar surface area (TPSA) is 84.9 Å². The van der Waals surface area contributed by atoms with Gasteiger partial charge in [0.1, 0.15) is 0 Å². The van der Waals surface area contributed by atoms with Crippen LogP contribution in [0.3, 0.4) is 0 Å². The first-order chi connectivity index (χ1) is 7.18. The van der Waals surface area contributed by atoms with Crippen molar-refractivity contribution in [2.45, 2.75) is 12.5 Å². The van der Waals surface area contributed by atoms with E-state index in [4.69, 9.17) is 11.5 Å². The van der Waals surface area contributed by atoms with Gasteiger partial charge < -0.3 is 16.5 Å². The Hall–Kier alpha value is -1.81. The summed E-state index contributed by atoms with van der Waals surface area (Å²) in [6, 6.07) is 7.25. The Morgan fingerprint density at radius 1 is 1.40 bits per heavy atom. The van der Waals surface area contributed by atoms with E-state index in [1.165, 1.54) is 0 Å². The van der Waals surface area contributed by atoms with Crippen molar-refractivity contribution in [2.75, 3.05) is 0 Å². The minimum absolute atomic E-state index is 0.465. The van der Waals surface area contributed by atoms with Gasteiger partial charge in [-0.15, -0.1) is 0 Å². The molecule has 2 rings (SSSR count). The number of nitrogens with one attached hydrogen (secondary N) is 1. The van der Waals surface area contributed by atoms with Gasteiger partial charge in [0.25, 0.3) is 0 Å². The normalized spacial score (nSPS) is 12.9. The van der Waals surface area contributed by atoms with Gasteiger partial charge in [0.15, 0.2) is 0 Å². The van der Waals surface area contributed by atoms with Gasteiger partial charge in [0.05, 0.1) is 6.04 Å². The molecule has 1 heterocycles. The summed E-state index contributed by atoms with van der Waals surface area (Å²) in [5, 5.41) is 1.11. The first-order valence-electron chi connectivity index (χ1n) is 4.78. The molecule has 5 N–H and O–H groups in total. The Bertz CT molecular complexity index is 489. The number of carbonyl (C=O) groups excluding carboxylic acids is 1. The number of H-pyrrole nitrogens is 1. The second-order valence-electron chi connectivity index (χ2n) is 3.57. The van der Waals surface area contributed by atoms with Gasteiger partial charge in [0, 0.05) is 11.7 Å². The zero-order valence-corrected chi connectivity index (χ0v) is 8.23. The molecule has 1 atom stereocenters. The SMILES string of the molecule is NC(=O)C(N)Cc1cccc2cc[nH]c12. The Balaban J connectivity index is 2.35. The maximum Gasteiger partial charge on any atom is 0.234 e. The molecule has 0 aliphatic rings. The molecule has 4 heteroatoms. The summed E-state index contributed by atoms with van der Waals surface area (Å²) in [7, 11) is 0. The number of fused-ring (bicyclic) bond motifs is 1. The number of nitrogens with two attached hydrogens (primary N) is 2. The lowest BCUT2D eigenvalue weighted by molar-refractivity contribution is -0.119. The number of carbonyl (C=O) groups is 1. The molecule has 0 fully saturated rings. The number of aromatic amines is 1. The molecule has 2 aromatic rings. The summed E-state index contributed by atoms with van der Waals surface area (Å²) in [5.74, 6) is -0.474. The summed E-state index contributed by atoms with van der Waals surface area (Å²) in [6.45, 7) is 0. The van der Waals surface area contributed by atoms with E-state index >= 15 is 0 Å². The van der Waals surface area contributed by atoms with Gasteiger partial charge in [-0.1, -0.05) is 18.2 Å². The third kappa shape index (κ3) is 1.85. The fraction of sp³-hybridized carbons (Fsp3) is 0.182. The number of amides is 1. The van der Waals surface area contributed by atoms with Crippen LogP contribution in [0.5, 0.6) is 0 Å². The summed E-state index contributed by atoms with van der Waals surface area (Å²) in [6.07, 6.45) is 2.33. The molecule has 1 aromatic carbocycles. The van der Waals surface area contributed by atoms with Crippen molar-refractivity contribution in [3.05, 3.63) is 36.0 Å². The van der Waals surface area contributed by atoms with Gasteiger partial charge in [-0.3, -0.25) is 4.79 Å². The Morgan fingerprint density at radius 3 is 2.93 bits per heavy atom. The summed E-state index contributed by atoms with van der Waals surface area (Å²) in [5.41, 5.74) is 12.8. The van der Waals surface area contributed by atoms with Crippen molar-refractivity contribution >= 4 is 16.8 Å². The number of benzene rings is 1. The Labute approximate surface area is 87.3 Å². The number of primary amides is 1. The van der Waals surface area contributed by atoms with E-state index in [9.17, 15) is 4.79 Å². The largest absolute Gasteiger partial charge is 0.368 e. The number of hydrogen-bond donors (Lipinski definition) is 3. The number of aromatic nitrogens is 1. The molecule has 15 heavy (non-hydrogen) atoms. The standard InChI is InChI=1S/C11H13N3O/c12-9(11(13)15)6-8-3-1-2-7-4-5-14-10(7)8/h1-5,9,14H,6,12H2,(H2,13,15). The predicted octanol–water partition coefficient (Wildman–Crippen LogP) is 0.523. The number of rotatable bonds is 3. The maximum absolute atomic E-state index is 10.9. The van der Waals surface area contributed by atoms with E-state index in [0.29, 0.717) is 6.42 Å². The molecule has 0 spiro atoms. The van der Waals surface area contributed by atoms with Gasteiger partial charge in [-0.05, 0) is 23.4 Å². The lowest BCUT2D eigenvalue weighted by Gasteiger charge is -2.08. The van der Waals surface area contributed by atoms with Crippen molar-refractivity contribution < 1.29 is 4.79 Å². The molecule has 1 aromatic heterocycles. The third-order valence-corrected chi connectivity index (χ3v) is 2.48. The van der Waals surface area contributed by atoms with Gasteiger partial charge in [0.2, 0.25) is 5.91 Å². The van der Waals surface area contributed by atoms with E-state index in [1.807, 2.05) is 30.5 Å². The van der Waals surface area contributed by atoms with Crippen LogP contribution in [0.1, 0.15) is 5.56 Å². The Morgan fingerprint density at radius 2 is 2.20 bits per heavy atom. The predicted molar refractivity (Wildman–Crippen MR) is 59.2 cm³/mol. The van der Waals surface area contributed by atoms with Crippen LogP contribution >= 0.6 is 0 Å². The Kier molecular flexibility index (Phi) is 2.43. The molecule has 0 radical (unpaired) electrons. The first-order valence-corrected chi connectivity index (χ1v) is 4.78. The highest BCUT2D eigenvalue weighted by Gasteiger charge is 2.12. The van der Waals surface area contributed by atoms with Crippen molar-refractivity contribution in [3.63, 3.8) is 0 Å². The average Bonchev–Trinajstić information content (AvgIpc) is 2.66. The summed E-state index contributed by atoms with van der Waals surface area (Å²) < 4.78 is 0. The lowest BCUT2D eigenvalue weighted by Crippen LogP contribution is -2.38. The molecule has 1 amide bonds. The molecule has 1 unspecified atom stereocenters. The molecule has 0 saturated carbocycles. The van der Waals surface area contributed by atoms with Gasteiger partial charge >= 0.3 is 0 Å². The third-order valence-electron chi connectivity index (χ3n) is 2.48. The van der Waals surface area contributed by atoms with E-state index in [0.717, 1.165) is 16.5 Å². The molecule has 0 bridgehead atoms. The second-order valence-corrected chi connectivity index (χ2v) is 3.57. The van der Waals surface area contributed by atoms with E-state index in [-0.39, 0.29) is 0 Å². The zero-order valence-electron chi connectivity index (χ0n) is 8.23. The van der Waals surface area contributed by atoms with Crippen LogP contribution in [0, 0.1) is 0 Å². The van der Waals surface area contributed by atoms with Crippen LogP contribution in [-0.4, -0.2) is 16.9 Å². The zero-order chi connectivity index (χ0) is 10.8. The van der Waals surface area contributed by atoms with Crippen LogP contribution in [0.25, 0.3) is 10.9 Å². The van der Waals surface area contributed by atoms with Crippen LogP contribution < -0.4 is 11.5 Å². The molecule has 0 aliphatic heterocycles. The van der Waals surface area contributed by atoms with Crippen molar-refractivity contribution in [3.8, 4) is 0 Å². The van der Waals surface area contributed by atoms with Crippen molar-refractivity contribution in [1.82, 2.24) is 4.98 Å². The average molecular weight is 203 g/mol. The molecular formula is C11H13N3O. The summed E-state index contributed by atoms with van der Waals surface area (Å²) in [4.78, 5) is 14.0. The van der Waals surface area contributed by atoms with Crippen molar-refractivity contribution in [2.24, 2.45) is 11.5 Å². The van der Waals surface area contributed by atoms with Crippen molar-refractivity contribution in [1.29, 1.82) is 0 Å². The monoisotopic (exact) mass is 203 g/mol. The molecule has 0 aliphatic carbocycles. The number of para-hydroxylation sites is 1. The van der Waals surface area contributed by atoms with Crippen LogP contribution in [0.2, 0.25) is 0 Å². The lowest BCUT2D eigenvalue weighted by atomic mass is 10.0. The fourth-order valence-electron chi connectivity index (χ4n) is 1.66. The molecule has 78 valence electrons. The van der Waals surface area contributed by atoms with Crippen LogP contribution in [0.4, 0.5) is 0 Å². The minimum Gasteiger partial charge on any atom is -0.368 e. The highest BCUT2D eigenvalue weighted by Crippen LogP contribution is 2.17. The maximum atomic E-state index is 10.9. The fourth-order valence-corrected chi connectivity index (χ4v) is 1.66. The van der Waals surface area contributed by atoms with E-state index in [2.05, 4.69) is 4.98 Å². The number of hydrogen-bond acceptors (Lipinski definition) is 2. The molecule has 0 saturated heterocycles. The second kappa shape index (κ2) is 3.74. The van der Waals surface area contributed by atoms with Crippen LogP contribution in [0.15, 0.2) is 30.5 Å². The first kappa shape index (κ1) is 9.73. The van der Waals surface area contributed by atoms with E-state index < -0.39 is 11.9 Å². The van der Waals surface area contributed by atoms with Gasteiger partial charge in [-0.2, -0.15) is 0 Å². The molecular weight excluding hydrogens is 190 g/mol. The van der Waals surface area contributed by atoms with Gasteiger partial charge in [-0.25, -0.2) is 0 Å². The quantitative estimate of drug-likeness (QED) is 0.679. The highest BCUT2D eigenvalue weighted by molar-refractivity contribution is 5.84. The highest BCUT2D eigenvalue weighted by atomic mass is 16.1. The van der Waals surface area contributed by atoms with Crippen LogP contribution in [-0.2, 0) is 11.2 Å². The minimum atomic E-state index is -0.626. The summed E-state index contributed by atoms with van der Waals surface area (Å²) >= 11 is 0.